The van der Waals surface area contributed by atoms with Gasteiger partial charge in [-0.25, -0.2) is 0 Å². The molecule has 8 rings (SSSR count). The molecule has 6 aromatic carbocycles. The molecule has 0 radical (unpaired) electrons. The van der Waals surface area contributed by atoms with Crippen LogP contribution in [0.5, 0.6) is 11.5 Å². The first-order valence-electron chi connectivity index (χ1n) is 18.2. The van der Waals surface area contributed by atoms with Gasteiger partial charge in [-0.3, -0.25) is 4.98 Å². The zero-order chi connectivity index (χ0) is 36.7. The highest BCUT2D eigenvalue weighted by molar-refractivity contribution is 5.87. The number of rotatable bonds is 13. The fourth-order valence-corrected chi connectivity index (χ4v) is 7.04. The van der Waals surface area contributed by atoms with Gasteiger partial charge in [-0.2, -0.15) is 0 Å². The van der Waals surface area contributed by atoms with E-state index in [0.717, 1.165) is 73.5 Å². The van der Waals surface area contributed by atoms with E-state index in [-0.39, 0.29) is 0 Å². The van der Waals surface area contributed by atoms with Gasteiger partial charge in [0.25, 0.3) is 0 Å². The molecule has 0 aliphatic rings. The molecule has 0 saturated heterocycles. The minimum absolute atomic E-state index is 0.314. The van der Waals surface area contributed by atoms with Gasteiger partial charge in [0.15, 0.2) is 5.54 Å². The lowest BCUT2D eigenvalue weighted by molar-refractivity contribution is 0.309. The van der Waals surface area contributed by atoms with Gasteiger partial charge in [0.2, 0.25) is 5.82 Å². The molecule has 0 spiro atoms. The average Bonchev–Trinajstić information content (AvgIpc) is 3.74. The van der Waals surface area contributed by atoms with Crippen LogP contribution in [0.2, 0.25) is 0 Å². The summed E-state index contributed by atoms with van der Waals surface area (Å²) in [5.74, 6) is 1.98. The number of tetrazole rings is 1. The molecule has 0 saturated carbocycles. The first-order chi connectivity index (χ1) is 26.7. The van der Waals surface area contributed by atoms with Gasteiger partial charge in [-0.15, -0.1) is 15.0 Å². The number of aromatic nitrogens is 5. The zero-order valence-electron chi connectivity index (χ0n) is 30.0. The molecule has 266 valence electrons. The van der Waals surface area contributed by atoms with Crippen molar-refractivity contribution in [2.75, 3.05) is 13.2 Å². The molecule has 8 heteroatoms. The quantitative estimate of drug-likeness (QED) is 0.119. The monoisotopic (exact) mass is 708 g/mol. The third-order valence-corrected chi connectivity index (χ3v) is 9.64. The van der Waals surface area contributed by atoms with Crippen LogP contribution in [0, 0.1) is 0 Å². The summed E-state index contributed by atoms with van der Waals surface area (Å²) in [7, 11) is 0. The Bertz CT molecular complexity index is 2370. The second-order valence-corrected chi connectivity index (χ2v) is 13.0. The lowest BCUT2D eigenvalue weighted by atomic mass is 9.77. The minimum atomic E-state index is -0.894. The van der Waals surface area contributed by atoms with Crippen LogP contribution >= 0.6 is 0 Å². The molecule has 0 amide bonds. The molecule has 2 N–H and O–H groups in total. The number of fused-ring (bicyclic) bond motifs is 1. The summed E-state index contributed by atoms with van der Waals surface area (Å²) >= 11 is 0. The summed E-state index contributed by atoms with van der Waals surface area (Å²) in [6.45, 7) is 3.27. The molecule has 8 nitrogen and oxygen atoms in total. The van der Waals surface area contributed by atoms with E-state index in [1.807, 2.05) is 97.1 Å². The lowest BCUT2D eigenvalue weighted by Gasteiger charge is -2.34. The van der Waals surface area contributed by atoms with Gasteiger partial charge >= 0.3 is 0 Å². The number of hydrogen-bond donors (Lipinski definition) is 1. The number of benzene rings is 6. The SMILES string of the molecule is CCc1cc(OCc2ccc(-c3ccccc3)c(-c3nnn(C(c4ccccc4)(c4ccccc4)c4ccccc4)n3)c2)c2cc(OCCN)ccc2n1. The molecule has 0 bridgehead atoms. The fourth-order valence-electron chi connectivity index (χ4n) is 7.04. The number of aryl methyl sites for hydroxylation is 1. The number of hydrogen-bond acceptors (Lipinski definition) is 7. The lowest BCUT2D eigenvalue weighted by Crippen LogP contribution is -2.39. The predicted molar refractivity (Wildman–Crippen MR) is 213 cm³/mol. The van der Waals surface area contributed by atoms with Crippen molar-refractivity contribution < 1.29 is 9.47 Å². The molecule has 2 heterocycles. The highest BCUT2D eigenvalue weighted by Gasteiger charge is 2.41. The molecular formula is C46H40N6O2. The second-order valence-electron chi connectivity index (χ2n) is 13.0. The van der Waals surface area contributed by atoms with Crippen molar-refractivity contribution in [3.8, 4) is 34.0 Å². The summed E-state index contributed by atoms with van der Waals surface area (Å²) in [5.41, 5.74) is 13.5. The Hall–Kier alpha value is -6.64. The van der Waals surface area contributed by atoms with Crippen LogP contribution in [0.15, 0.2) is 164 Å². The molecule has 2 aromatic heterocycles. The fraction of sp³-hybridized carbons (Fsp3) is 0.130. The first-order valence-corrected chi connectivity index (χ1v) is 18.2. The smallest absolute Gasteiger partial charge is 0.205 e. The van der Waals surface area contributed by atoms with Gasteiger partial charge in [0.05, 0.1) is 5.52 Å². The largest absolute Gasteiger partial charge is 0.492 e. The maximum absolute atomic E-state index is 6.59. The number of pyridine rings is 1. The molecule has 0 atom stereocenters. The van der Waals surface area contributed by atoms with Gasteiger partial charge < -0.3 is 15.2 Å². The van der Waals surface area contributed by atoms with E-state index in [4.69, 9.17) is 35.6 Å². The third kappa shape index (κ3) is 6.71. The van der Waals surface area contributed by atoms with Crippen molar-refractivity contribution in [3.05, 3.63) is 192 Å². The number of nitrogens with two attached hydrogens (primary N) is 1. The Morgan fingerprint density at radius 2 is 1.28 bits per heavy atom. The van der Waals surface area contributed by atoms with E-state index in [1.165, 1.54) is 0 Å². The van der Waals surface area contributed by atoms with Crippen LogP contribution in [0.25, 0.3) is 33.4 Å². The molecule has 0 unspecified atom stereocenters. The maximum Gasteiger partial charge on any atom is 0.205 e. The molecule has 0 aliphatic heterocycles. The maximum atomic E-state index is 6.59. The average molecular weight is 709 g/mol. The molecule has 54 heavy (non-hydrogen) atoms. The Balaban J connectivity index is 1.24. The Kier molecular flexibility index (Phi) is 9.91. The van der Waals surface area contributed by atoms with Gasteiger partial charge in [0, 0.05) is 29.3 Å². The predicted octanol–water partition coefficient (Wildman–Crippen LogP) is 8.87. The van der Waals surface area contributed by atoms with Crippen molar-refractivity contribution >= 4 is 10.9 Å². The minimum Gasteiger partial charge on any atom is -0.492 e. The van der Waals surface area contributed by atoms with E-state index in [2.05, 4.69) is 73.7 Å². The van der Waals surface area contributed by atoms with E-state index in [1.54, 1.807) is 4.80 Å². The topological polar surface area (TPSA) is 101 Å². The Morgan fingerprint density at radius 3 is 1.89 bits per heavy atom. The number of ether oxygens (including phenoxy) is 2. The Labute approximate surface area is 314 Å². The standard InChI is InChI=1S/C46H40N6O2/c1-2-38-30-44(42-31-39(53-28-27-47)24-26-43(42)48-38)54-32-33-23-25-40(34-15-7-3-8-16-34)41(29-33)45-49-51-52(50-45)46(35-17-9-4-10-18-35,36-19-11-5-12-20-36)37-21-13-6-14-22-37/h3-26,29-31H,2,27-28,32,47H2,1H3. The van der Waals surface area contributed by atoms with Crippen LogP contribution in [0.1, 0.15) is 34.9 Å². The second kappa shape index (κ2) is 15.5. The Morgan fingerprint density at radius 1 is 0.648 bits per heavy atom. The van der Waals surface area contributed by atoms with Crippen LogP contribution in [0.4, 0.5) is 0 Å². The summed E-state index contributed by atoms with van der Waals surface area (Å²) in [6.07, 6.45) is 0.783. The van der Waals surface area contributed by atoms with Gasteiger partial charge in [-0.1, -0.05) is 140 Å². The summed E-state index contributed by atoms with van der Waals surface area (Å²) in [6, 6.07) is 55.6. The van der Waals surface area contributed by atoms with Crippen molar-refractivity contribution in [2.24, 2.45) is 5.73 Å². The van der Waals surface area contributed by atoms with Crippen molar-refractivity contribution in [3.63, 3.8) is 0 Å². The van der Waals surface area contributed by atoms with Crippen LogP contribution in [-0.4, -0.2) is 38.3 Å². The van der Waals surface area contributed by atoms with Crippen LogP contribution in [-0.2, 0) is 18.6 Å². The van der Waals surface area contributed by atoms with Crippen molar-refractivity contribution in [2.45, 2.75) is 25.5 Å². The van der Waals surface area contributed by atoms with E-state index >= 15 is 0 Å². The summed E-state index contributed by atoms with van der Waals surface area (Å²) < 4.78 is 12.4. The first kappa shape index (κ1) is 34.4. The van der Waals surface area contributed by atoms with Crippen molar-refractivity contribution in [1.29, 1.82) is 0 Å². The zero-order valence-corrected chi connectivity index (χ0v) is 30.0. The summed E-state index contributed by atoms with van der Waals surface area (Å²) in [4.78, 5) is 6.60. The van der Waals surface area contributed by atoms with E-state index in [0.29, 0.717) is 25.6 Å². The van der Waals surface area contributed by atoms with E-state index < -0.39 is 5.54 Å². The highest BCUT2D eigenvalue weighted by Crippen LogP contribution is 2.41. The molecule has 0 fully saturated rings. The molecule has 8 aromatic rings. The van der Waals surface area contributed by atoms with Crippen LogP contribution in [0.3, 0.4) is 0 Å². The number of nitrogens with zero attached hydrogens (tertiary/aromatic N) is 5. The van der Waals surface area contributed by atoms with Gasteiger partial charge in [-0.05, 0) is 69.3 Å². The summed E-state index contributed by atoms with van der Waals surface area (Å²) in [5, 5.41) is 15.8. The van der Waals surface area contributed by atoms with Crippen LogP contribution < -0.4 is 15.2 Å². The van der Waals surface area contributed by atoms with Gasteiger partial charge in [0.1, 0.15) is 24.7 Å². The third-order valence-electron chi connectivity index (χ3n) is 9.64. The normalized spacial score (nSPS) is 11.4. The van der Waals surface area contributed by atoms with Crippen molar-refractivity contribution in [1.82, 2.24) is 25.2 Å². The molecular weight excluding hydrogens is 669 g/mol. The van der Waals surface area contributed by atoms with E-state index in [9.17, 15) is 0 Å². The highest BCUT2D eigenvalue weighted by atomic mass is 16.5. The molecule has 0 aliphatic carbocycles.